The van der Waals surface area contributed by atoms with Crippen LogP contribution in [0.3, 0.4) is 0 Å². The molecule has 4 N–H and O–H groups in total. The minimum atomic E-state index is -0.866. The SMILES string of the molecule is CC(C)NCCC(=O)Nc1ccc(F)c(C(N)=O)c1. The monoisotopic (exact) mass is 267 g/mol. The minimum absolute atomic E-state index is 0.213. The van der Waals surface area contributed by atoms with E-state index in [9.17, 15) is 14.0 Å². The molecule has 5 nitrogen and oxygen atoms in total. The highest BCUT2D eigenvalue weighted by atomic mass is 19.1. The normalized spacial score (nSPS) is 10.5. The molecule has 0 aromatic heterocycles. The van der Waals surface area contributed by atoms with E-state index in [1.165, 1.54) is 12.1 Å². The second-order valence-electron chi connectivity index (χ2n) is 4.47. The van der Waals surface area contributed by atoms with Crippen LogP contribution in [0.4, 0.5) is 10.1 Å². The Bertz CT molecular complexity index is 475. The maximum Gasteiger partial charge on any atom is 0.251 e. The van der Waals surface area contributed by atoms with Crippen molar-refractivity contribution in [3.05, 3.63) is 29.6 Å². The zero-order valence-electron chi connectivity index (χ0n) is 11.0. The summed E-state index contributed by atoms with van der Waals surface area (Å²) >= 11 is 0. The second kappa shape index (κ2) is 6.84. The van der Waals surface area contributed by atoms with Crippen molar-refractivity contribution in [2.45, 2.75) is 26.3 Å². The molecule has 0 unspecified atom stereocenters. The maximum absolute atomic E-state index is 13.2. The fraction of sp³-hybridized carbons (Fsp3) is 0.385. The highest BCUT2D eigenvalue weighted by Gasteiger charge is 2.10. The molecule has 0 bridgehead atoms. The molecule has 1 aromatic carbocycles. The van der Waals surface area contributed by atoms with Crippen molar-refractivity contribution in [3.63, 3.8) is 0 Å². The van der Waals surface area contributed by atoms with Crippen LogP contribution >= 0.6 is 0 Å². The van der Waals surface area contributed by atoms with Crippen molar-refractivity contribution >= 4 is 17.5 Å². The van der Waals surface area contributed by atoms with E-state index in [-0.39, 0.29) is 11.5 Å². The van der Waals surface area contributed by atoms with Crippen LogP contribution in [0.2, 0.25) is 0 Å². The number of hydrogen-bond acceptors (Lipinski definition) is 3. The Morgan fingerprint density at radius 2 is 2.05 bits per heavy atom. The molecule has 0 radical (unpaired) electrons. The lowest BCUT2D eigenvalue weighted by Crippen LogP contribution is -2.27. The molecule has 6 heteroatoms. The molecule has 0 saturated heterocycles. The van der Waals surface area contributed by atoms with Crippen molar-refractivity contribution in [2.75, 3.05) is 11.9 Å². The summed E-state index contributed by atoms with van der Waals surface area (Å²) in [6.07, 6.45) is 0.293. The van der Waals surface area contributed by atoms with Crippen LogP contribution < -0.4 is 16.4 Å². The molecule has 0 aliphatic carbocycles. The second-order valence-corrected chi connectivity index (χ2v) is 4.47. The summed E-state index contributed by atoms with van der Waals surface area (Å²) in [6.45, 7) is 4.52. The number of halogens is 1. The molecule has 0 aliphatic heterocycles. The van der Waals surface area contributed by atoms with E-state index in [0.29, 0.717) is 24.7 Å². The zero-order valence-corrected chi connectivity index (χ0v) is 11.0. The van der Waals surface area contributed by atoms with E-state index >= 15 is 0 Å². The molecule has 104 valence electrons. The van der Waals surface area contributed by atoms with Gasteiger partial charge in [-0.3, -0.25) is 9.59 Å². The maximum atomic E-state index is 13.2. The van der Waals surface area contributed by atoms with E-state index in [1.54, 1.807) is 0 Å². The molecule has 19 heavy (non-hydrogen) atoms. The number of carbonyl (C=O) groups excluding carboxylic acids is 2. The lowest BCUT2D eigenvalue weighted by Gasteiger charge is -2.09. The van der Waals surface area contributed by atoms with Gasteiger partial charge in [0.1, 0.15) is 5.82 Å². The van der Waals surface area contributed by atoms with Crippen molar-refractivity contribution in [1.29, 1.82) is 0 Å². The number of amides is 2. The topological polar surface area (TPSA) is 84.2 Å². The van der Waals surface area contributed by atoms with Crippen molar-refractivity contribution in [2.24, 2.45) is 5.73 Å². The molecule has 2 amide bonds. The number of nitrogens with two attached hydrogens (primary N) is 1. The molecule has 0 aliphatic rings. The average Bonchev–Trinajstić information content (AvgIpc) is 2.30. The predicted molar refractivity (Wildman–Crippen MR) is 71.3 cm³/mol. The van der Waals surface area contributed by atoms with Gasteiger partial charge in [0.05, 0.1) is 5.56 Å². The smallest absolute Gasteiger partial charge is 0.251 e. The number of primary amides is 1. The number of rotatable bonds is 6. The van der Waals surface area contributed by atoms with Crippen molar-refractivity contribution in [3.8, 4) is 0 Å². The number of benzene rings is 1. The first kappa shape index (κ1) is 15.1. The van der Waals surface area contributed by atoms with Gasteiger partial charge in [-0.2, -0.15) is 0 Å². The Labute approximate surface area is 111 Å². The third kappa shape index (κ3) is 5.05. The van der Waals surface area contributed by atoms with E-state index in [1.807, 2.05) is 13.8 Å². The van der Waals surface area contributed by atoms with Crippen molar-refractivity contribution in [1.82, 2.24) is 5.32 Å². The van der Waals surface area contributed by atoms with Crippen LogP contribution in [0.5, 0.6) is 0 Å². The van der Waals surface area contributed by atoms with Gasteiger partial charge in [0.15, 0.2) is 0 Å². The fourth-order valence-electron chi connectivity index (χ4n) is 1.49. The first-order valence-electron chi connectivity index (χ1n) is 6.02. The Kier molecular flexibility index (Phi) is 5.44. The molecule has 0 spiro atoms. The lowest BCUT2D eigenvalue weighted by molar-refractivity contribution is -0.116. The van der Waals surface area contributed by atoms with Gasteiger partial charge in [-0.25, -0.2) is 4.39 Å². The average molecular weight is 267 g/mol. The summed E-state index contributed by atoms with van der Waals surface area (Å²) in [6, 6.07) is 4.02. The molecular weight excluding hydrogens is 249 g/mol. The van der Waals surface area contributed by atoms with Gasteiger partial charge in [0.2, 0.25) is 5.91 Å². The fourth-order valence-corrected chi connectivity index (χ4v) is 1.49. The summed E-state index contributed by atoms with van der Waals surface area (Å²) in [5, 5.41) is 5.69. The molecule has 1 aromatic rings. The Hall–Kier alpha value is -1.95. The Morgan fingerprint density at radius 1 is 1.37 bits per heavy atom. The molecule has 0 fully saturated rings. The van der Waals surface area contributed by atoms with Gasteiger partial charge >= 0.3 is 0 Å². The van der Waals surface area contributed by atoms with Crippen LogP contribution in [-0.4, -0.2) is 24.4 Å². The van der Waals surface area contributed by atoms with E-state index in [4.69, 9.17) is 5.73 Å². The van der Waals surface area contributed by atoms with Gasteiger partial charge in [-0.1, -0.05) is 13.8 Å². The number of anilines is 1. The van der Waals surface area contributed by atoms with Crippen LogP contribution in [0.25, 0.3) is 0 Å². The highest BCUT2D eigenvalue weighted by Crippen LogP contribution is 2.14. The first-order valence-corrected chi connectivity index (χ1v) is 6.02. The van der Waals surface area contributed by atoms with E-state index < -0.39 is 11.7 Å². The van der Waals surface area contributed by atoms with Gasteiger partial charge < -0.3 is 16.4 Å². The van der Waals surface area contributed by atoms with E-state index in [0.717, 1.165) is 6.07 Å². The molecule has 0 atom stereocenters. The standard InChI is InChI=1S/C13H18FN3O2/c1-8(2)16-6-5-12(18)17-9-3-4-11(14)10(7-9)13(15)19/h3-4,7-8,16H,5-6H2,1-2H3,(H2,15,19)(H,17,18). The summed E-state index contributed by atoms with van der Waals surface area (Å²) in [4.78, 5) is 22.6. The van der Waals surface area contributed by atoms with Gasteiger partial charge in [-0.05, 0) is 18.2 Å². The number of carbonyl (C=O) groups is 2. The first-order chi connectivity index (χ1) is 8.90. The van der Waals surface area contributed by atoms with Crippen LogP contribution in [-0.2, 0) is 4.79 Å². The van der Waals surface area contributed by atoms with Gasteiger partial charge in [0.25, 0.3) is 5.91 Å². The predicted octanol–water partition coefficient (Wildman–Crippen LogP) is 1.25. The summed E-state index contributed by atoms with van der Waals surface area (Å²) < 4.78 is 13.2. The molecule has 0 heterocycles. The van der Waals surface area contributed by atoms with Gasteiger partial charge in [0, 0.05) is 24.7 Å². The quantitative estimate of drug-likeness (QED) is 0.725. The highest BCUT2D eigenvalue weighted by molar-refractivity contribution is 5.96. The van der Waals surface area contributed by atoms with Crippen LogP contribution in [0, 0.1) is 5.82 Å². The van der Waals surface area contributed by atoms with Crippen molar-refractivity contribution < 1.29 is 14.0 Å². The molecule has 1 rings (SSSR count). The molecular formula is C13H18FN3O2. The third-order valence-corrected chi connectivity index (χ3v) is 2.42. The minimum Gasteiger partial charge on any atom is -0.366 e. The summed E-state index contributed by atoms with van der Waals surface area (Å²) in [7, 11) is 0. The number of hydrogen-bond donors (Lipinski definition) is 3. The van der Waals surface area contributed by atoms with Crippen LogP contribution in [0.15, 0.2) is 18.2 Å². The summed E-state index contributed by atoms with van der Waals surface area (Å²) in [5.74, 6) is -1.78. The summed E-state index contributed by atoms with van der Waals surface area (Å²) in [5.41, 5.74) is 5.14. The largest absolute Gasteiger partial charge is 0.366 e. The Morgan fingerprint density at radius 3 is 2.63 bits per heavy atom. The lowest BCUT2D eigenvalue weighted by atomic mass is 10.1. The number of nitrogens with one attached hydrogen (secondary N) is 2. The van der Waals surface area contributed by atoms with E-state index in [2.05, 4.69) is 10.6 Å². The Balaban J connectivity index is 2.60. The zero-order chi connectivity index (χ0) is 14.4. The van der Waals surface area contributed by atoms with Gasteiger partial charge in [-0.15, -0.1) is 0 Å². The third-order valence-electron chi connectivity index (χ3n) is 2.42. The molecule has 0 saturated carbocycles. The van der Waals surface area contributed by atoms with Crippen LogP contribution in [0.1, 0.15) is 30.6 Å².